The van der Waals surface area contributed by atoms with Gasteiger partial charge in [0, 0.05) is 35.9 Å². The van der Waals surface area contributed by atoms with Crippen molar-refractivity contribution < 1.29 is 4.79 Å². The number of thioether (sulfide) groups is 1. The van der Waals surface area contributed by atoms with E-state index in [9.17, 15) is 4.79 Å². The minimum absolute atomic E-state index is 0.0167. The molecule has 6 nitrogen and oxygen atoms in total. The van der Waals surface area contributed by atoms with Crippen molar-refractivity contribution in [3.05, 3.63) is 46.9 Å². The van der Waals surface area contributed by atoms with Crippen LogP contribution in [0.5, 0.6) is 0 Å². The molecule has 3 rings (SSSR count). The zero-order chi connectivity index (χ0) is 18.2. The third-order valence-corrected chi connectivity index (χ3v) is 5.61. The molecule has 1 N–H and O–H groups in total. The van der Waals surface area contributed by atoms with Gasteiger partial charge in [-0.3, -0.25) is 9.78 Å². The zero-order valence-corrected chi connectivity index (χ0v) is 16.2. The third kappa shape index (κ3) is 4.92. The summed E-state index contributed by atoms with van der Waals surface area (Å²) in [5.41, 5.74) is 0.980. The van der Waals surface area contributed by atoms with Crippen LogP contribution in [0.2, 0.25) is 0 Å². The highest BCUT2D eigenvalue weighted by molar-refractivity contribution is 7.99. The largest absolute Gasteiger partial charge is 0.355 e. The second kappa shape index (κ2) is 9.49. The number of nitrogens with zero attached hydrogens (tertiary/aromatic N) is 4. The molecule has 26 heavy (non-hydrogen) atoms. The maximum atomic E-state index is 12.1. The van der Waals surface area contributed by atoms with Crippen molar-refractivity contribution >= 4 is 29.0 Å². The van der Waals surface area contributed by atoms with E-state index in [1.165, 1.54) is 16.6 Å². The van der Waals surface area contributed by atoms with Gasteiger partial charge < -0.3 is 9.88 Å². The highest BCUT2D eigenvalue weighted by atomic mass is 32.2. The lowest BCUT2D eigenvalue weighted by atomic mass is 10.2. The highest BCUT2D eigenvalue weighted by Gasteiger charge is 2.15. The Kier molecular flexibility index (Phi) is 6.79. The van der Waals surface area contributed by atoms with E-state index in [4.69, 9.17) is 0 Å². The van der Waals surface area contributed by atoms with Crippen LogP contribution in [0.1, 0.15) is 18.2 Å². The first-order valence-corrected chi connectivity index (χ1v) is 10.4. The summed E-state index contributed by atoms with van der Waals surface area (Å²) in [5.74, 6) is 1.17. The number of carbonyl (C=O) groups excluding carboxylic acids is 1. The standard InChI is InChI=1S/C18H21N5OS2/c1-2-11-23-17(14-5-8-19-9-6-14)21-22-18(23)26-13-16(24)20-10-7-15-4-3-12-25-15/h3-6,8-9,12H,2,7,10-11,13H2,1H3,(H,20,24). The predicted molar refractivity (Wildman–Crippen MR) is 105 cm³/mol. The number of nitrogens with one attached hydrogen (secondary N) is 1. The van der Waals surface area contributed by atoms with Crippen molar-refractivity contribution in [3.63, 3.8) is 0 Å². The Bertz CT molecular complexity index is 817. The molecular weight excluding hydrogens is 366 g/mol. The van der Waals surface area contributed by atoms with Crippen LogP contribution >= 0.6 is 23.1 Å². The van der Waals surface area contributed by atoms with Crippen LogP contribution in [-0.4, -0.2) is 38.0 Å². The monoisotopic (exact) mass is 387 g/mol. The highest BCUT2D eigenvalue weighted by Crippen LogP contribution is 2.23. The molecule has 0 aliphatic rings. The fourth-order valence-electron chi connectivity index (χ4n) is 2.50. The normalized spacial score (nSPS) is 10.8. The molecule has 8 heteroatoms. The summed E-state index contributed by atoms with van der Waals surface area (Å²) >= 11 is 3.13. The van der Waals surface area contributed by atoms with Crippen LogP contribution in [0.4, 0.5) is 0 Å². The summed E-state index contributed by atoms with van der Waals surface area (Å²) < 4.78 is 2.07. The summed E-state index contributed by atoms with van der Waals surface area (Å²) in [7, 11) is 0. The minimum atomic E-state index is 0.0167. The van der Waals surface area contributed by atoms with E-state index < -0.39 is 0 Å². The molecule has 1 amide bonds. The van der Waals surface area contributed by atoms with Crippen molar-refractivity contribution in [1.82, 2.24) is 25.1 Å². The first-order chi connectivity index (χ1) is 12.8. The van der Waals surface area contributed by atoms with Crippen LogP contribution in [-0.2, 0) is 17.8 Å². The second-order valence-electron chi connectivity index (χ2n) is 5.66. The maximum Gasteiger partial charge on any atom is 0.230 e. The summed E-state index contributed by atoms with van der Waals surface area (Å²) in [6, 6.07) is 7.95. The van der Waals surface area contributed by atoms with Gasteiger partial charge >= 0.3 is 0 Å². The minimum Gasteiger partial charge on any atom is -0.355 e. The van der Waals surface area contributed by atoms with E-state index >= 15 is 0 Å². The van der Waals surface area contributed by atoms with E-state index in [2.05, 4.69) is 38.1 Å². The lowest BCUT2D eigenvalue weighted by Crippen LogP contribution is -2.27. The number of thiophene rings is 1. The number of hydrogen-bond acceptors (Lipinski definition) is 6. The SMILES string of the molecule is CCCn1c(SCC(=O)NCCc2cccs2)nnc1-c1ccncc1. The van der Waals surface area contributed by atoms with Gasteiger partial charge in [-0.05, 0) is 36.4 Å². The molecule has 0 atom stereocenters. The fourth-order valence-corrected chi connectivity index (χ4v) is 4.00. The molecule has 0 radical (unpaired) electrons. The molecule has 0 fully saturated rings. The fraction of sp³-hybridized carbons (Fsp3) is 0.333. The third-order valence-electron chi connectivity index (χ3n) is 3.71. The summed E-state index contributed by atoms with van der Waals surface area (Å²) in [6.07, 6.45) is 5.32. The van der Waals surface area contributed by atoms with E-state index in [0.717, 1.165) is 35.9 Å². The van der Waals surface area contributed by atoms with Crippen molar-refractivity contribution in [1.29, 1.82) is 0 Å². The van der Waals surface area contributed by atoms with Crippen LogP contribution in [0.25, 0.3) is 11.4 Å². The van der Waals surface area contributed by atoms with Crippen LogP contribution < -0.4 is 5.32 Å². The number of carbonyl (C=O) groups is 1. The van der Waals surface area contributed by atoms with Gasteiger partial charge in [0.1, 0.15) is 0 Å². The Morgan fingerprint density at radius 2 is 2.12 bits per heavy atom. The van der Waals surface area contributed by atoms with Gasteiger partial charge in [-0.2, -0.15) is 0 Å². The number of pyridine rings is 1. The molecule has 3 aromatic rings. The second-order valence-corrected chi connectivity index (χ2v) is 7.64. The Morgan fingerprint density at radius 3 is 2.85 bits per heavy atom. The molecule has 0 aliphatic carbocycles. The lowest BCUT2D eigenvalue weighted by Gasteiger charge is -2.09. The van der Waals surface area contributed by atoms with Gasteiger partial charge in [0.05, 0.1) is 5.75 Å². The van der Waals surface area contributed by atoms with Gasteiger partial charge in [-0.25, -0.2) is 0 Å². The Morgan fingerprint density at radius 1 is 1.27 bits per heavy atom. The first-order valence-electron chi connectivity index (χ1n) is 8.53. The molecule has 3 aromatic heterocycles. The molecule has 0 spiro atoms. The van der Waals surface area contributed by atoms with E-state index in [1.807, 2.05) is 23.6 Å². The number of amides is 1. The molecule has 0 bridgehead atoms. The van der Waals surface area contributed by atoms with E-state index in [0.29, 0.717) is 12.3 Å². The molecule has 0 saturated carbocycles. The molecule has 0 unspecified atom stereocenters. The van der Waals surface area contributed by atoms with Gasteiger partial charge in [0.2, 0.25) is 5.91 Å². The zero-order valence-electron chi connectivity index (χ0n) is 14.6. The number of hydrogen-bond donors (Lipinski definition) is 1. The smallest absolute Gasteiger partial charge is 0.230 e. The van der Waals surface area contributed by atoms with Gasteiger partial charge in [0.25, 0.3) is 0 Å². The molecule has 0 aromatic carbocycles. The van der Waals surface area contributed by atoms with Crippen molar-refractivity contribution in [2.45, 2.75) is 31.5 Å². The summed E-state index contributed by atoms with van der Waals surface area (Å²) in [5, 5.41) is 14.4. The topological polar surface area (TPSA) is 72.7 Å². The molecule has 0 saturated heterocycles. The molecular formula is C18H21N5OS2. The quantitative estimate of drug-likeness (QED) is 0.571. The maximum absolute atomic E-state index is 12.1. The van der Waals surface area contributed by atoms with Crippen molar-refractivity contribution in [3.8, 4) is 11.4 Å². The van der Waals surface area contributed by atoms with Gasteiger partial charge in [-0.1, -0.05) is 24.8 Å². The first kappa shape index (κ1) is 18.6. The van der Waals surface area contributed by atoms with Crippen LogP contribution in [0.3, 0.4) is 0 Å². The summed E-state index contributed by atoms with van der Waals surface area (Å²) in [4.78, 5) is 17.4. The van der Waals surface area contributed by atoms with Crippen molar-refractivity contribution in [2.24, 2.45) is 0 Å². The molecule has 0 aliphatic heterocycles. The summed E-state index contributed by atoms with van der Waals surface area (Å²) in [6.45, 7) is 3.58. The number of aromatic nitrogens is 4. The Labute approximate surface area is 161 Å². The van der Waals surface area contributed by atoms with E-state index in [-0.39, 0.29) is 5.91 Å². The molecule has 136 valence electrons. The average molecular weight is 388 g/mol. The van der Waals surface area contributed by atoms with Crippen LogP contribution in [0.15, 0.2) is 47.2 Å². The lowest BCUT2D eigenvalue weighted by molar-refractivity contribution is -0.118. The average Bonchev–Trinajstić information content (AvgIpc) is 3.31. The molecule has 3 heterocycles. The predicted octanol–water partition coefficient (Wildman–Crippen LogP) is 3.26. The van der Waals surface area contributed by atoms with Crippen LogP contribution in [0, 0.1) is 0 Å². The van der Waals surface area contributed by atoms with Gasteiger partial charge in [0.15, 0.2) is 11.0 Å². The van der Waals surface area contributed by atoms with E-state index in [1.54, 1.807) is 23.7 Å². The van der Waals surface area contributed by atoms with Gasteiger partial charge in [-0.15, -0.1) is 21.5 Å². The Hall–Kier alpha value is -2.19. The van der Waals surface area contributed by atoms with Crippen molar-refractivity contribution in [2.75, 3.05) is 12.3 Å². The Balaban J connectivity index is 1.57. The number of rotatable bonds is 9.